The predicted molar refractivity (Wildman–Crippen MR) is 69.6 cm³/mol. The minimum absolute atomic E-state index is 0.339. The molecule has 2 rings (SSSR count). The zero-order valence-corrected chi connectivity index (χ0v) is 12.2. The second-order valence-corrected chi connectivity index (χ2v) is 7.39. The van der Waals surface area contributed by atoms with Gasteiger partial charge in [-0.05, 0) is 25.2 Å². The Morgan fingerprint density at radius 3 is 2.28 bits per heavy atom. The van der Waals surface area contributed by atoms with Gasteiger partial charge in [-0.3, -0.25) is 4.68 Å². The van der Waals surface area contributed by atoms with Crippen molar-refractivity contribution >= 4 is 10.0 Å². The SMILES string of the molecule is Cc1c(S(=O)(=O)N2CC(C)CC(C)C2)cnn1C. The third kappa shape index (κ3) is 2.31. The Morgan fingerprint density at radius 2 is 1.83 bits per heavy atom. The van der Waals surface area contributed by atoms with Crippen LogP contribution in [0, 0.1) is 18.8 Å². The molecule has 1 saturated heterocycles. The van der Waals surface area contributed by atoms with Crippen LogP contribution in [0.2, 0.25) is 0 Å². The summed E-state index contributed by atoms with van der Waals surface area (Å²) >= 11 is 0. The van der Waals surface area contributed by atoms with Crippen LogP contribution >= 0.6 is 0 Å². The molecule has 0 N–H and O–H groups in total. The van der Waals surface area contributed by atoms with E-state index in [0.29, 0.717) is 35.5 Å². The summed E-state index contributed by atoms with van der Waals surface area (Å²) in [5.74, 6) is 0.834. The molecule has 0 bridgehead atoms. The van der Waals surface area contributed by atoms with E-state index in [9.17, 15) is 8.42 Å². The van der Waals surface area contributed by atoms with Crippen LogP contribution in [0.3, 0.4) is 0 Å². The highest BCUT2D eigenvalue weighted by atomic mass is 32.2. The molecule has 1 fully saturated rings. The first-order valence-corrected chi connectivity index (χ1v) is 7.75. The van der Waals surface area contributed by atoms with E-state index in [1.54, 1.807) is 23.0 Å². The highest BCUT2D eigenvalue weighted by Crippen LogP contribution is 2.27. The van der Waals surface area contributed by atoms with E-state index in [0.717, 1.165) is 6.42 Å². The van der Waals surface area contributed by atoms with Crippen LogP contribution in [0.25, 0.3) is 0 Å². The van der Waals surface area contributed by atoms with Crippen LogP contribution < -0.4 is 0 Å². The molecule has 0 spiro atoms. The fourth-order valence-corrected chi connectivity index (χ4v) is 4.54. The van der Waals surface area contributed by atoms with Gasteiger partial charge >= 0.3 is 0 Å². The molecule has 1 aliphatic heterocycles. The summed E-state index contributed by atoms with van der Waals surface area (Å²) in [5.41, 5.74) is 0.695. The molecule has 5 nitrogen and oxygen atoms in total. The number of hydrogen-bond acceptors (Lipinski definition) is 3. The maximum Gasteiger partial charge on any atom is 0.246 e. The normalized spacial score (nSPS) is 26.4. The zero-order valence-electron chi connectivity index (χ0n) is 11.4. The standard InChI is InChI=1S/C12H21N3O2S/c1-9-5-10(2)8-15(7-9)18(16,17)12-6-13-14(4)11(12)3/h6,9-10H,5,7-8H2,1-4H3. The molecule has 0 amide bonds. The maximum absolute atomic E-state index is 12.6. The molecule has 2 unspecified atom stereocenters. The molecule has 1 aromatic rings. The van der Waals surface area contributed by atoms with Gasteiger partial charge in [0.1, 0.15) is 4.90 Å². The molecule has 0 aromatic carbocycles. The third-order valence-electron chi connectivity index (χ3n) is 3.64. The molecule has 1 aromatic heterocycles. The van der Waals surface area contributed by atoms with Gasteiger partial charge in [-0.25, -0.2) is 8.42 Å². The Kier molecular flexibility index (Phi) is 3.51. The highest BCUT2D eigenvalue weighted by molar-refractivity contribution is 7.89. The Bertz CT molecular complexity index is 526. The first kappa shape index (κ1) is 13.5. The Labute approximate surface area is 109 Å². The number of hydrogen-bond donors (Lipinski definition) is 0. The van der Waals surface area contributed by atoms with Gasteiger partial charge in [0.05, 0.1) is 11.9 Å². The Morgan fingerprint density at radius 1 is 1.28 bits per heavy atom. The average molecular weight is 271 g/mol. The van der Waals surface area contributed by atoms with Gasteiger partial charge in [-0.15, -0.1) is 0 Å². The molecule has 6 heteroatoms. The predicted octanol–water partition coefficient (Wildman–Crippen LogP) is 1.40. The quantitative estimate of drug-likeness (QED) is 0.817. The van der Waals surface area contributed by atoms with Crippen LogP contribution in [0.4, 0.5) is 0 Å². The van der Waals surface area contributed by atoms with Crippen molar-refractivity contribution in [3.05, 3.63) is 11.9 Å². The highest BCUT2D eigenvalue weighted by Gasteiger charge is 2.33. The van der Waals surface area contributed by atoms with Crippen LogP contribution in [-0.2, 0) is 17.1 Å². The van der Waals surface area contributed by atoms with E-state index in [-0.39, 0.29) is 0 Å². The first-order chi connectivity index (χ1) is 8.32. The zero-order chi connectivity index (χ0) is 13.5. The second kappa shape index (κ2) is 4.66. The number of aromatic nitrogens is 2. The van der Waals surface area contributed by atoms with Gasteiger partial charge in [0, 0.05) is 20.1 Å². The van der Waals surface area contributed by atoms with Crippen molar-refractivity contribution in [1.29, 1.82) is 0 Å². The minimum atomic E-state index is -3.39. The van der Waals surface area contributed by atoms with Gasteiger partial charge in [0.2, 0.25) is 10.0 Å². The van der Waals surface area contributed by atoms with Gasteiger partial charge in [-0.1, -0.05) is 13.8 Å². The summed E-state index contributed by atoms with van der Waals surface area (Å²) in [6, 6.07) is 0. The van der Waals surface area contributed by atoms with Crippen molar-refractivity contribution in [3.8, 4) is 0 Å². The van der Waals surface area contributed by atoms with Gasteiger partial charge in [-0.2, -0.15) is 9.40 Å². The van der Waals surface area contributed by atoms with Crippen molar-refractivity contribution in [2.24, 2.45) is 18.9 Å². The van der Waals surface area contributed by atoms with Crippen LogP contribution in [-0.4, -0.2) is 35.6 Å². The van der Waals surface area contributed by atoms with Crippen LogP contribution in [0.15, 0.2) is 11.1 Å². The van der Waals surface area contributed by atoms with E-state index in [4.69, 9.17) is 0 Å². The van der Waals surface area contributed by atoms with Gasteiger partial charge in [0.15, 0.2) is 0 Å². The van der Waals surface area contributed by atoms with Gasteiger partial charge < -0.3 is 0 Å². The fourth-order valence-electron chi connectivity index (χ4n) is 2.67. The number of piperidine rings is 1. The van der Waals surface area contributed by atoms with Crippen LogP contribution in [0.1, 0.15) is 26.0 Å². The largest absolute Gasteiger partial charge is 0.272 e. The van der Waals surface area contributed by atoms with Crippen molar-refractivity contribution in [3.63, 3.8) is 0 Å². The second-order valence-electron chi connectivity index (χ2n) is 5.49. The maximum atomic E-state index is 12.6. The smallest absolute Gasteiger partial charge is 0.246 e. The molecular formula is C12H21N3O2S. The fraction of sp³-hybridized carbons (Fsp3) is 0.750. The van der Waals surface area contributed by atoms with Crippen molar-refractivity contribution < 1.29 is 8.42 Å². The molecule has 2 atom stereocenters. The lowest BCUT2D eigenvalue weighted by Crippen LogP contribution is -2.42. The lowest BCUT2D eigenvalue weighted by atomic mass is 9.94. The summed E-state index contributed by atoms with van der Waals surface area (Å²) in [6.45, 7) is 7.22. The van der Waals surface area contributed by atoms with E-state index in [2.05, 4.69) is 18.9 Å². The molecule has 102 valence electrons. The van der Waals surface area contributed by atoms with E-state index in [1.807, 2.05) is 0 Å². The summed E-state index contributed by atoms with van der Waals surface area (Å²) in [4.78, 5) is 0.339. The molecule has 0 saturated carbocycles. The summed E-state index contributed by atoms with van der Waals surface area (Å²) in [5, 5.41) is 4.03. The summed E-state index contributed by atoms with van der Waals surface area (Å²) < 4.78 is 28.4. The minimum Gasteiger partial charge on any atom is -0.272 e. The summed E-state index contributed by atoms with van der Waals surface area (Å²) in [6.07, 6.45) is 2.55. The number of nitrogens with zero attached hydrogens (tertiary/aromatic N) is 3. The molecule has 2 heterocycles. The first-order valence-electron chi connectivity index (χ1n) is 6.31. The topological polar surface area (TPSA) is 55.2 Å². The van der Waals surface area contributed by atoms with Crippen molar-refractivity contribution in [2.75, 3.05) is 13.1 Å². The van der Waals surface area contributed by atoms with Crippen molar-refractivity contribution in [2.45, 2.75) is 32.1 Å². The van der Waals surface area contributed by atoms with Crippen molar-refractivity contribution in [1.82, 2.24) is 14.1 Å². The van der Waals surface area contributed by atoms with E-state index < -0.39 is 10.0 Å². The number of aryl methyl sites for hydroxylation is 1. The Hall–Kier alpha value is -0.880. The molecule has 18 heavy (non-hydrogen) atoms. The third-order valence-corrected chi connectivity index (χ3v) is 5.58. The van der Waals surface area contributed by atoms with E-state index in [1.165, 1.54) is 6.20 Å². The molecule has 1 aliphatic rings. The lowest BCUT2D eigenvalue weighted by Gasteiger charge is -2.33. The molecular weight excluding hydrogens is 250 g/mol. The molecule has 0 aliphatic carbocycles. The average Bonchev–Trinajstić information content (AvgIpc) is 2.58. The summed E-state index contributed by atoms with van der Waals surface area (Å²) in [7, 11) is -1.63. The molecule has 0 radical (unpaired) electrons. The monoisotopic (exact) mass is 271 g/mol. The lowest BCUT2D eigenvalue weighted by molar-refractivity contribution is 0.222. The van der Waals surface area contributed by atoms with Crippen LogP contribution in [0.5, 0.6) is 0 Å². The van der Waals surface area contributed by atoms with Gasteiger partial charge in [0.25, 0.3) is 0 Å². The Balaban J connectivity index is 2.34. The number of sulfonamides is 1. The van der Waals surface area contributed by atoms with E-state index >= 15 is 0 Å². The number of rotatable bonds is 2.